The van der Waals surface area contributed by atoms with E-state index in [-0.39, 0.29) is 17.9 Å². The fourth-order valence-corrected chi connectivity index (χ4v) is 3.10. The van der Waals surface area contributed by atoms with Gasteiger partial charge in [0.2, 0.25) is 0 Å². The Kier molecular flexibility index (Phi) is 5.36. The lowest BCUT2D eigenvalue weighted by Gasteiger charge is -2.15. The Morgan fingerprint density at radius 1 is 1.18 bits per heavy atom. The van der Waals surface area contributed by atoms with Crippen molar-refractivity contribution in [2.75, 3.05) is 12.3 Å². The van der Waals surface area contributed by atoms with E-state index in [9.17, 15) is 18.0 Å². The molecule has 0 unspecified atom stereocenters. The first-order valence-electron chi connectivity index (χ1n) is 8.99. The minimum atomic E-state index is -4.56. The number of hydrogen-bond acceptors (Lipinski definition) is 3. The van der Waals surface area contributed by atoms with E-state index < -0.39 is 17.8 Å². The van der Waals surface area contributed by atoms with Crippen LogP contribution >= 0.6 is 0 Å². The van der Waals surface area contributed by atoms with Gasteiger partial charge >= 0.3 is 12.3 Å². The maximum atomic E-state index is 13.6. The van der Waals surface area contributed by atoms with E-state index in [2.05, 4.69) is 0 Å². The molecular weight excluding hydrogens is 369 g/mol. The van der Waals surface area contributed by atoms with Crippen LogP contribution in [0.15, 0.2) is 42.5 Å². The van der Waals surface area contributed by atoms with Gasteiger partial charge < -0.3 is 10.5 Å². The van der Waals surface area contributed by atoms with Gasteiger partial charge in [0.05, 0.1) is 23.4 Å². The molecule has 3 rings (SSSR count). The third-order valence-corrected chi connectivity index (χ3v) is 4.60. The normalized spacial score (nSPS) is 11.8. The largest absolute Gasteiger partial charge is 0.449 e. The summed E-state index contributed by atoms with van der Waals surface area (Å²) in [6.07, 6.45) is -3.78. The topological polar surface area (TPSA) is 57.2 Å². The van der Waals surface area contributed by atoms with E-state index in [1.54, 1.807) is 25.1 Å². The van der Waals surface area contributed by atoms with Crippen molar-refractivity contribution >= 4 is 22.7 Å². The maximum Gasteiger partial charge on any atom is 0.418 e. The second-order valence-corrected chi connectivity index (χ2v) is 6.64. The van der Waals surface area contributed by atoms with Crippen molar-refractivity contribution in [2.45, 2.75) is 32.9 Å². The Labute approximate surface area is 160 Å². The van der Waals surface area contributed by atoms with E-state index >= 15 is 0 Å². The first-order valence-corrected chi connectivity index (χ1v) is 8.99. The Morgan fingerprint density at radius 3 is 2.57 bits per heavy atom. The van der Waals surface area contributed by atoms with Gasteiger partial charge in [-0.1, -0.05) is 31.5 Å². The number of ether oxygens (including phenoxy) is 1. The SMILES string of the molecule is CCCCOC(=O)n1c(-c2ccccc2C(F)(F)F)cc2cc(C)c(N)cc21. The van der Waals surface area contributed by atoms with Crippen LogP contribution in [0.3, 0.4) is 0 Å². The number of nitrogens with zero attached hydrogens (tertiary/aromatic N) is 1. The second-order valence-electron chi connectivity index (χ2n) is 6.64. The summed E-state index contributed by atoms with van der Waals surface area (Å²) >= 11 is 0. The predicted molar refractivity (Wildman–Crippen MR) is 103 cm³/mol. The molecule has 3 aromatic rings. The molecule has 0 aliphatic rings. The number of carbonyl (C=O) groups excluding carboxylic acids is 1. The van der Waals surface area contributed by atoms with Crippen molar-refractivity contribution in [1.82, 2.24) is 4.57 Å². The average Bonchev–Trinajstić information content (AvgIpc) is 2.99. The van der Waals surface area contributed by atoms with Gasteiger partial charge in [-0.15, -0.1) is 0 Å². The lowest BCUT2D eigenvalue weighted by molar-refractivity contribution is -0.137. The predicted octanol–water partition coefficient (Wildman–Crippen LogP) is 6.00. The van der Waals surface area contributed by atoms with Crippen LogP contribution in [0.2, 0.25) is 0 Å². The van der Waals surface area contributed by atoms with E-state index in [1.807, 2.05) is 6.92 Å². The monoisotopic (exact) mass is 390 g/mol. The van der Waals surface area contributed by atoms with Crippen LogP contribution in [-0.4, -0.2) is 17.3 Å². The number of nitrogens with two attached hydrogens (primary N) is 1. The highest BCUT2D eigenvalue weighted by molar-refractivity contribution is 5.98. The number of fused-ring (bicyclic) bond motifs is 1. The highest BCUT2D eigenvalue weighted by Gasteiger charge is 2.34. The number of nitrogen functional groups attached to an aromatic ring is 1. The van der Waals surface area contributed by atoms with Crippen LogP contribution in [0.4, 0.5) is 23.7 Å². The molecule has 2 aromatic carbocycles. The second kappa shape index (κ2) is 7.58. The molecule has 2 N–H and O–H groups in total. The van der Waals surface area contributed by atoms with Crippen LogP contribution < -0.4 is 5.73 Å². The fraction of sp³-hybridized carbons (Fsp3) is 0.286. The van der Waals surface area contributed by atoms with E-state index in [0.29, 0.717) is 23.0 Å². The van der Waals surface area contributed by atoms with Gasteiger partial charge in [0.25, 0.3) is 0 Å². The van der Waals surface area contributed by atoms with Crippen LogP contribution in [0.25, 0.3) is 22.2 Å². The van der Waals surface area contributed by atoms with Crippen molar-refractivity contribution in [2.24, 2.45) is 0 Å². The molecule has 28 heavy (non-hydrogen) atoms. The number of unbranched alkanes of at least 4 members (excludes halogenated alkanes) is 1. The summed E-state index contributed by atoms with van der Waals surface area (Å²) in [6, 6.07) is 10.1. The molecule has 0 bridgehead atoms. The molecule has 7 heteroatoms. The van der Waals surface area contributed by atoms with Gasteiger partial charge in [-0.3, -0.25) is 0 Å². The molecule has 1 aromatic heterocycles. The molecule has 1 heterocycles. The van der Waals surface area contributed by atoms with Gasteiger partial charge in [-0.05, 0) is 43.2 Å². The van der Waals surface area contributed by atoms with Gasteiger partial charge in [0.15, 0.2) is 0 Å². The molecular formula is C21H21F3N2O2. The minimum absolute atomic E-state index is 0.0881. The van der Waals surface area contributed by atoms with Gasteiger partial charge in [-0.25, -0.2) is 9.36 Å². The lowest BCUT2D eigenvalue weighted by atomic mass is 10.0. The zero-order valence-corrected chi connectivity index (χ0v) is 15.6. The summed E-state index contributed by atoms with van der Waals surface area (Å²) in [6.45, 7) is 3.94. The highest BCUT2D eigenvalue weighted by Crippen LogP contribution is 2.39. The number of carbonyl (C=O) groups is 1. The summed E-state index contributed by atoms with van der Waals surface area (Å²) in [5, 5.41) is 0.617. The number of anilines is 1. The zero-order valence-electron chi connectivity index (χ0n) is 15.6. The van der Waals surface area contributed by atoms with Gasteiger partial charge in [0, 0.05) is 16.6 Å². The van der Waals surface area contributed by atoms with Crippen molar-refractivity contribution in [3.05, 3.63) is 53.6 Å². The molecule has 4 nitrogen and oxygen atoms in total. The maximum absolute atomic E-state index is 13.6. The number of aromatic nitrogens is 1. The molecule has 0 saturated carbocycles. The molecule has 148 valence electrons. The van der Waals surface area contributed by atoms with Crippen molar-refractivity contribution < 1.29 is 22.7 Å². The number of benzene rings is 2. The molecule has 0 spiro atoms. The molecule has 0 amide bonds. The molecule has 0 aliphatic carbocycles. The van der Waals surface area contributed by atoms with Crippen LogP contribution in [0.1, 0.15) is 30.9 Å². The number of aryl methyl sites for hydroxylation is 1. The first kappa shape index (κ1) is 19.8. The number of rotatable bonds is 4. The first-order chi connectivity index (χ1) is 13.2. The number of halogens is 3. The van der Waals surface area contributed by atoms with Crippen LogP contribution in [-0.2, 0) is 10.9 Å². The van der Waals surface area contributed by atoms with Crippen LogP contribution in [0.5, 0.6) is 0 Å². The Bertz CT molecular complexity index is 1020. The van der Waals surface area contributed by atoms with Crippen molar-refractivity contribution in [3.63, 3.8) is 0 Å². The lowest BCUT2D eigenvalue weighted by Crippen LogP contribution is -2.17. The zero-order chi connectivity index (χ0) is 20.5. The standard InChI is InChI=1S/C21H21F3N2O2/c1-3-4-9-28-20(27)26-18-12-17(25)13(2)10-14(18)11-19(26)15-7-5-6-8-16(15)21(22,23)24/h5-8,10-12H,3-4,9,25H2,1-2H3. The average molecular weight is 390 g/mol. The highest BCUT2D eigenvalue weighted by atomic mass is 19.4. The Morgan fingerprint density at radius 2 is 1.89 bits per heavy atom. The summed E-state index contributed by atoms with van der Waals surface area (Å²) in [4.78, 5) is 12.8. The molecule has 0 aliphatic heterocycles. The molecule has 0 fully saturated rings. The number of hydrogen-bond donors (Lipinski definition) is 1. The quantitative estimate of drug-likeness (QED) is 0.439. The summed E-state index contributed by atoms with van der Waals surface area (Å²) < 4.78 is 47.1. The van der Waals surface area contributed by atoms with E-state index in [4.69, 9.17) is 10.5 Å². The van der Waals surface area contributed by atoms with Crippen molar-refractivity contribution in [1.29, 1.82) is 0 Å². The minimum Gasteiger partial charge on any atom is -0.449 e. The Balaban J connectivity index is 2.25. The fourth-order valence-electron chi connectivity index (χ4n) is 3.10. The van der Waals surface area contributed by atoms with Crippen LogP contribution in [0, 0.1) is 6.92 Å². The third-order valence-electron chi connectivity index (χ3n) is 4.60. The third kappa shape index (κ3) is 3.69. The van der Waals surface area contributed by atoms with Gasteiger partial charge in [0.1, 0.15) is 0 Å². The van der Waals surface area contributed by atoms with Gasteiger partial charge in [-0.2, -0.15) is 13.2 Å². The van der Waals surface area contributed by atoms with E-state index in [0.717, 1.165) is 18.1 Å². The summed E-state index contributed by atoms with van der Waals surface area (Å²) in [5.41, 5.74) is 6.83. The van der Waals surface area contributed by atoms with Crippen molar-refractivity contribution in [3.8, 4) is 11.3 Å². The molecule has 0 radical (unpaired) electrons. The molecule has 0 atom stereocenters. The summed E-state index contributed by atoms with van der Waals surface area (Å²) in [7, 11) is 0. The smallest absolute Gasteiger partial charge is 0.418 e. The van der Waals surface area contributed by atoms with E-state index in [1.165, 1.54) is 22.8 Å². The summed E-state index contributed by atoms with van der Waals surface area (Å²) in [5.74, 6) is 0. The number of alkyl halides is 3. The Hall–Kier alpha value is -2.96. The molecule has 0 saturated heterocycles.